The minimum atomic E-state index is -0.667. The zero-order valence-corrected chi connectivity index (χ0v) is 19.9. The normalized spacial score (nSPS) is 17.7. The summed E-state index contributed by atoms with van der Waals surface area (Å²) in [5, 5.41) is 11.2. The third kappa shape index (κ3) is 5.60. The number of aryl methyl sites for hydroxylation is 1. The van der Waals surface area contributed by atoms with E-state index in [1.165, 1.54) is 0 Å². The smallest absolute Gasteiger partial charge is 0.295 e. The molecule has 3 rings (SSSR count). The molecule has 1 atom stereocenters. The van der Waals surface area contributed by atoms with E-state index in [4.69, 9.17) is 4.74 Å². The minimum Gasteiger partial charge on any atom is -0.507 e. The molecule has 1 aromatic carbocycles. The predicted octanol–water partition coefficient (Wildman–Crippen LogP) is 3.94. The monoisotopic (exact) mass is 451 g/mol. The molecule has 0 saturated carbocycles. The molecular weight excluding hydrogens is 418 g/mol. The highest BCUT2D eigenvalue weighted by atomic mass is 16.5. The SMILES string of the molecule is CCCCOc1ccc(C(O)=C2C(=O)C(=O)N(CCCN(C)C)[C@H]2c2ccncc2)cc1C. The van der Waals surface area contributed by atoms with E-state index in [9.17, 15) is 14.7 Å². The standard InChI is InChI=1S/C26H33N3O4/c1-5-6-16-33-21-9-8-20(17-18(21)2)24(30)22-23(19-10-12-27-13-11-19)29(26(32)25(22)31)15-7-14-28(3)4/h8-13,17,23,30H,5-7,14-16H2,1-4H3/t23-/m0/s1. The molecule has 1 aromatic heterocycles. The van der Waals surface area contributed by atoms with Crippen LogP contribution in [0.1, 0.15) is 48.9 Å². The van der Waals surface area contributed by atoms with Crippen LogP contribution in [-0.2, 0) is 9.59 Å². The number of carbonyl (C=O) groups excluding carboxylic acids is 2. The van der Waals surface area contributed by atoms with E-state index in [2.05, 4.69) is 11.9 Å². The molecule has 0 bridgehead atoms. The molecule has 0 spiro atoms. The zero-order valence-electron chi connectivity index (χ0n) is 19.9. The average molecular weight is 452 g/mol. The van der Waals surface area contributed by atoms with Crippen LogP contribution >= 0.6 is 0 Å². The maximum atomic E-state index is 13.1. The number of carbonyl (C=O) groups is 2. The zero-order chi connectivity index (χ0) is 24.0. The number of rotatable bonds is 10. The summed E-state index contributed by atoms with van der Waals surface area (Å²) in [6.07, 6.45) is 5.97. The maximum absolute atomic E-state index is 13.1. The highest BCUT2D eigenvalue weighted by Gasteiger charge is 2.45. The van der Waals surface area contributed by atoms with Gasteiger partial charge in [-0.2, -0.15) is 0 Å². The van der Waals surface area contributed by atoms with Gasteiger partial charge in [0.2, 0.25) is 0 Å². The van der Waals surface area contributed by atoms with Crippen LogP contribution in [0, 0.1) is 6.92 Å². The minimum absolute atomic E-state index is 0.107. The number of ketones is 1. The Morgan fingerprint density at radius 2 is 1.88 bits per heavy atom. The number of aromatic nitrogens is 1. The number of amides is 1. The van der Waals surface area contributed by atoms with Gasteiger partial charge >= 0.3 is 0 Å². The lowest BCUT2D eigenvalue weighted by Crippen LogP contribution is -2.32. The fraction of sp³-hybridized carbons (Fsp3) is 0.423. The predicted molar refractivity (Wildman–Crippen MR) is 128 cm³/mol. The number of Topliss-reactive ketones (excluding diaryl/α,β-unsaturated/α-hetero) is 1. The Bertz CT molecular complexity index is 1020. The van der Waals surface area contributed by atoms with Gasteiger partial charge in [0.1, 0.15) is 11.5 Å². The number of unbranched alkanes of at least 4 members (excludes halogenated alkanes) is 1. The Labute approximate surface area is 195 Å². The van der Waals surface area contributed by atoms with E-state index in [0.717, 1.165) is 36.3 Å². The first kappa shape index (κ1) is 24.5. The molecule has 1 saturated heterocycles. The van der Waals surface area contributed by atoms with Crippen molar-refractivity contribution in [3.8, 4) is 5.75 Å². The Morgan fingerprint density at radius 3 is 2.52 bits per heavy atom. The molecule has 1 aliphatic heterocycles. The number of nitrogens with zero attached hydrogens (tertiary/aromatic N) is 3. The van der Waals surface area contributed by atoms with Crippen molar-refractivity contribution in [1.82, 2.24) is 14.8 Å². The van der Waals surface area contributed by atoms with Gasteiger partial charge in [-0.25, -0.2) is 0 Å². The number of benzene rings is 1. The van der Waals surface area contributed by atoms with E-state index in [1.807, 2.05) is 25.9 Å². The third-order valence-corrected chi connectivity index (χ3v) is 5.77. The summed E-state index contributed by atoms with van der Waals surface area (Å²) in [7, 11) is 3.93. The first-order valence-corrected chi connectivity index (χ1v) is 11.4. The Morgan fingerprint density at radius 1 is 1.15 bits per heavy atom. The molecule has 1 amide bonds. The van der Waals surface area contributed by atoms with Crippen molar-refractivity contribution < 1.29 is 19.4 Å². The summed E-state index contributed by atoms with van der Waals surface area (Å²) in [6, 6.07) is 8.22. The van der Waals surface area contributed by atoms with Gasteiger partial charge in [0, 0.05) is 24.5 Å². The van der Waals surface area contributed by atoms with Crippen LogP contribution in [0.3, 0.4) is 0 Å². The van der Waals surface area contributed by atoms with Gasteiger partial charge < -0.3 is 19.6 Å². The lowest BCUT2D eigenvalue weighted by Gasteiger charge is -2.25. The Hall–Kier alpha value is -3.19. The molecular formula is C26H33N3O4. The Kier molecular flexibility index (Phi) is 8.22. The topological polar surface area (TPSA) is 83.0 Å². The van der Waals surface area contributed by atoms with Crippen molar-refractivity contribution in [2.24, 2.45) is 0 Å². The molecule has 1 aliphatic rings. The fourth-order valence-corrected chi connectivity index (χ4v) is 4.00. The summed E-state index contributed by atoms with van der Waals surface area (Å²) in [5.74, 6) is -0.684. The molecule has 176 valence electrons. The van der Waals surface area contributed by atoms with Crippen LogP contribution in [0.15, 0.2) is 48.3 Å². The second-order valence-electron chi connectivity index (χ2n) is 8.61. The molecule has 7 nitrogen and oxygen atoms in total. The van der Waals surface area contributed by atoms with E-state index in [1.54, 1.807) is 47.6 Å². The van der Waals surface area contributed by atoms with Gasteiger partial charge in [0.05, 0.1) is 18.2 Å². The summed E-state index contributed by atoms with van der Waals surface area (Å²) < 4.78 is 5.81. The molecule has 0 aliphatic carbocycles. The molecule has 2 heterocycles. The number of likely N-dealkylation sites (tertiary alicyclic amines) is 1. The third-order valence-electron chi connectivity index (χ3n) is 5.77. The molecule has 0 unspecified atom stereocenters. The highest BCUT2D eigenvalue weighted by Crippen LogP contribution is 2.39. The average Bonchev–Trinajstić information content (AvgIpc) is 3.05. The van der Waals surface area contributed by atoms with Gasteiger partial charge in [-0.3, -0.25) is 14.6 Å². The molecule has 2 aromatic rings. The van der Waals surface area contributed by atoms with Gasteiger partial charge in [0.25, 0.3) is 11.7 Å². The first-order valence-electron chi connectivity index (χ1n) is 11.4. The van der Waals surface area contributed by atoms with Crippen LogP contribution in [0.25, 0.3) is 5.76 Å². The van der Waals surface area contributed by atoms with Gasteiger partial charge in [-0.1, -0.05) is 13.3 Å². The van der Waals surface area contributed by atoms with E-state index in [-0.39, 0.29) is 11.3 Å². The highest BCUT2D eigenvalue weighted by molar-refractivity contribution is 6.46. The van der Waals surface area contributed by atoms with Crippen LogP contribution in [-0.4, -0.2) is 65.4 Å². The Balaban J connectivity index is 1.99. The van der Waals surface area contributed by atoms with E-state index >= 15 is 0 Å². The first-order chi connectivity index (χ1) is 15.8. The van der Waals surface area contributed by atoms with E-state index < -0.39 is 17.7 Å². The summed E-state index contributed by atoms with van der Waals surface area (Å²) in [4.78, 5) is 33.7. The summed E-state index contributed by atoms with van der Waals surface area (Å²) in [5.41, 5.74) is 2.19. The fourth-order valence-electron chi connectivity index (χ4n) is 4.00. The number of aliphatic hydroxyl groups excluding tert-OH is 1. The summed E-state index contributed by atoms with van der Waals surface area (Å²) in [6.45, 7) is 5.83. The number of aliphatic hydroxyl groups is 1. The van der Waals surface area contributed by atoms with Crippen molar-refractivity contribution in [3.05, 3.63) is 65.0 Å². The number of ether oxygens (including phenoxy) is 1. The molecule has 1 fully saturated rings. The molecule has 33 heavy (non-hydrogen) atoms. The van der Waals surface area contributed by atoms with Crippen molar-refractivity contribution in [3.63, 3.8) is 0 Å². The van der Waals surface area contributed by atoms with Crippen molar-refractivity contribution in [2.45, 2.75) is 39.2 Å². The van der Waals surface area contributed by atoms with Gasteiger partial charge in [-0.05, 0) is 81.9 Å². The van der Waals surface area contributed by atoms with Crippen LogP contribution in [0.2, 0.25) is 0 Å². The lowest BCUT2D eigenvalue weighted by molar-refractivity contribution is -0.139. The lowest BCUT2D eigenvalue weighted by atomic mass is 9.95. The quantitative estimate of drug-likeness (QED) is 0.255. The number of hydrogen-bond donors (Lipinski definition) is 1. The van der Waals surface area contributed by atoms with Gasteiger partial charge in [0.15, 0.2) is 0 Å². The van der Waals surface area contributed by atoms with Crippen molar-refractivity contribution in [2.75, 3.05) is 33.8 Å². The summed E-state index contributed by atoms with van der Waals surface area (Å²) >= 11 is 0. The molecule has 1 N–H and O–H groups in total. The maximum Gasteiger partial charge on any atom is 0.295 e. The number of pyridine rings is 1. The molecule has 7 heteroatoms. The van der Waals surface area contributed by atoms with E-state index in [0.29, 0.717) is 25.1 Å². The van der Waals surface area contributed by atoms with Crippen molar-refractivity contribution in [1.29, 1.82) is 0 Å². The largest absolute Gasteiger partial charge is 0.507 e. The second kappa shape index (κ2) is 11.1. The van der Waals surface area contributed by atoms with Crippen LogP contribution in [0.5, 0.6) is 5.75 Å². The van der Waals surface area contributed by atoms with Gasteiger partial charge in [-0.15, -0.1) is 0 Å². The second-order valence-corrected chi connectivity index (χ2v) is 8.61. The molecule has 0 radical (unpaired) electrons. The number of hydrogen-bond acceptors (Lipinski definition) is 6. The van der Waals surface area contributed by atoms with Crippen LogP contribution in [0.4, 0.5) is 0 Å². The van der Waals surface area contributed by atoms with Crippen molar-refractivity contribution >= 4 is 17.4 Å². The van der Waals surface area contributed by atoms with Crippen LogP contribution < -0.4 is 4.74 Å².